The molecule has 134 valence electrons. The number of aryl methyl sites for hydroxylation is 1. The fraction of sp³-hybridized carbons (Fsp3) is 0.118. The fourth-order valence-corrected chi connectivity index (χ4v) is 3.04. The first-order valence-corrected chi connectivity index (χ1v) is 9.43. The third-order valence-electron chi connectivity index (χ3n) is 3.70. The second kappa shape index (κ2) is 6.26. The number of nitrogens with one attached hydrogen (secondary N) is 2. The van der Waals surface area contributed by atoms with Crippen LogP contribution in [0.1, 0.15) is 15.9 Å². The van der Waals surface area contributed by atoms with E-state index in [2.05, 4.69) is 4.98 Å². The van der Waals surface area contributed by atoms with Crippen molar-refractivity contribution in [1.82, 2.24) is 14.3 Å². The van der Waals surface area contributed by atoms with Gasteiger partial charge >= 0.3 is 5.69 Å². The summed E-state index contributed by atoms with van der Waals surface area (Å²) in [6, 6.07) is 10.9. The second-order valence-electron chi connectivity index (χ2n) is 5.87. The molecule has 3 rings (SSSR count). The molecule has 0 aliphatic heterocycles. The molecule has 1 amide bonds. The summed E-state index contributed by atoms with van der Waals surface area (Å²) >= 11 is 0. The van der Waals surface area contributed by atoms with Crippen LogP contribution in [0.5, 0.6) is 0 Å². The van der Waals surface area contributed by atoms with Gasteiger partial charge in [-0.3, -0.25) is 9.59 Å². The van der Waals surface area contributed by atoms with Crippen LogP contribution < -0.4 is 16.0 Å². The minimum atomic E-state index is -3.73. The monoisotopic (exact) mass is 373 g/mol. The number of aromatic nitrogens is 2. The summed E-state index contributed by atoms with van der Waals surface area (Å²) in [4.78, 5) is 39.6. The molecule has 2 aromatic carbocycles. The van der Waals surface area contributed by atoms with Crippen molar-refractivity contribution in [3.05, 3.63) is 74.4 Å². The Morgan fingerprint density at radius 3 is 2.50 bits per heavy atom. The molecule has 0 saturated carbocycles. The lowest BCUT2D eigenvalue weighted by Gasteiger charge is -2.08. The van der Waals surface area contributed by atoms with Gasteiger partial charge < -0.3 is 4.98 Å². The molecule has 0 spiro atoms. The third kappa shape index (κ3) is 3.42. The lowest BCUT2D eigenvalue weighted by atomic mass is 10.1. The average molecular weight is 373 g/mol. The third-order valence-corrected chi connectivity index (χ3v) is 4.25. The number of fused-ring (bicyclic) bond motifs is 1. The van der Waals surface area contributed by atoms with Gasteiger partial charge in [0.15, 0.2) is 0 Å². The van der Waals surface area contributed by atoms with Gasteiger partial charge in [0.25, 0.3) is 11.5 Å². The Bertz CT molecular complexity index is 1260. The Hall–Kier alpha value is -3.20. The molecule has 0 aliphatic rings. The zero-order valence-electron chi connectivity index (χ0n) is 13.9. The van der Waals surface area contributed by atoms with E-state index >= 15 is 0 Å². The van der Waals surface area contributed by atoms with Gasteiger partial charge in [-0.25, -0.2) is 22.5 Å². The van der Waals surface area contributed by atoms with Crippen LogP contribution in [0, 0.1) is 6.92 Å². The van der Waals surface area contributed by atoms with Crippen molar-refractivity contribution < 1.29 is 13.2 Å². The Labute approximate surface area is 148 Å². The summed E-state index contributed by atoms with van der Waals surface area (Å²) in [7, 11) is -3.73. The molecule has 0 fully saturated rings. The molecule has 1 heterocycles. The molecule has 0 saturated heterocycles. The molecule has 0 bridgehead atoms. The number of sulfonamides is 1. The number of hydrogen-bond acceptors (Lipinski definition) is 5. The molecule has 1 aromatic heterocycles. The van der Waals surface area contributed by atoms with Gasteiger partial charge in [-0.1, -0.05) is 12.1 Å². The van der Waals surface area contributed by atoms with Crippen molar-refractivity contribution in [2.24, 2.45) is 0 Å². The van der Waals surface area contributed by atoms with E-state index < -0.39 is 27.2 Å². The summed E-state index contributed by atoms with van der Waals surface area (Å²) in [5.41, 5.74) is 0.272. The number of benzene rings is 2. The summed E-state index contributed by atoms with van der Waals surface area (Å²) in [5.74, 6) is -0.849. The van der Waals surface area contributed by atoms with E-state index in [1.807, 2.05) is 17.7 Å². The zero-order chi connectivity index (χ0) is 19.1. The molecule has 26 heavy (non-hydrogen) atoms. The van der Waals surface area contributed by atoms with Crippen molar-refractivity contribution in [3.63, 3.8) is 0 Å². The number of carbonyl (C=O) groups excluding carboxylic acids is 1. The molecule has 2 N–H and O–H groups in total. The van der Waals surface area contributed by atoms with Gasteiger partial charge in [-0.15, -0.1) is 0 Å². The normalized spacial score (nSPS) is 11.5. The van der Waals surface area contributed by atoms with Crippen LogP contribution >= 0.6 is 0 Å². The quantitative estimate of drug-likeness (QED) is 0.700. The van der Waals surface area contributed by atoms with Crippen LogP contribution in [0.3, 0.4) is 0 Å². The van der Waals surface area contributed by atoms with E-state index in [4.69, 9.17) is 0 Å². The summed E-state index contributed by atoms with van der Waals surface area (Å²) in [6.07, 6.45) is 0.855. The highest BCUT2D eigenvalue weighted by atomic mass is 32.2. The molecular formula is C17H15N3O5S. The minimum Gasteiger partial charge on any atom is -0.306 e. The average Bonchev–Trinajstić information content (AvgIpc) is 2.52. The van der Waals surface area contributed by atoms with Crippen LogP contribution in [0.2, 0.25) is 0 Å². The lowest BCUT2D eigenvalue weighted by molar-refractivity contribution is 0.0982. The smallest absolute Gasteiger partial charge is 0.306 e. The second-order valence-corrected chi connectivity index (χ2v) is 7.62. The van der Waals surface area contributed by atoms with Crippen molar-refractivity contribution in [2.45, 2.75) is 6.92 Å². The number of amides is 1. The minimum absolute atomic E-state index is 0.00582. The standard InChI is InChI=1S/C17H15N3O5S/c1-10-4-3-5-12(8-10)20-16(22)13-7-6-11(9-14(13)18-17(20)23)15(21)19-26(2,24)25/h3-9H,1-2H3,(H,18,23)(H,19,21). The van der Waals surface area contributed by atoms with Gasteiger partial charge in [-0.05, 0) is 42.8 Å². The number of aromatic amines is 1. The first-order chi connectivity index (χ1) is 12.2. The maximum Gasteiger partial charge on any atom is 0.333 e. The molecule has 0 unspecified atom stereocenters. The highest BCUT2D eigenvalue weighted by Crippen LogP contribution is 2.12. The lowest BCUT2D eigenvalue weighted by Crippen LogP contribution is -2.34. The highest BCUT2D eigenvalue weighted by Gasteiger charge is 2.14. The molecular weight excluding hydrogens is 358 g/mol. The number of rotatable bonds is 3. The van der Waals surface area contributed by atoms with Crippen molar-refractivity contribution in [3.8, 4) is 5.69 Å². The number of carbonyl (C=O) groups is 1. The fourth-order valence-electron chi connectivity index (χ4n) is 2.59. The molecule has 8 nitrogen and oxygen atoms in total. The van der Waals surface area contributed by atoms with E-state index in [-0.39, 0.29) is 16.5 Å². The van der Waals surface area contributed by atoms with Gasteiger partial charge in [0.1, 0.15) is 0 Å². The molecule has 3 aromatic rings. The Morgan fingerprint density at radius 1 is 1.12 bits per heavy atom. The predicted octanol–water partition coefficient (Wildman–Crippen LogP) is 0.677. The number of nitrogens with zero attached hydrogens (tertiary/aromatic N) is 1. The Morgan fingerprint density at radius 2 is 1.85 bits per heavy atom. The van der Waals surface area contributed by atoms with Crippen LogP contribution in [0.15, 0.2) is 52.1 Å². The van der Waals surface area contributed by atoms with E-state index in [1.54, 1.807) is 18.2 Å². The maximum absolute atomic E-state index is 12.7. The van der Waals surface area contributed by atoms with Gasteiger partial charge in [0.05, 0.1) is 22.8 Å². The summed E-state index contributed by atoms with van der Waals surface area (Å²) in [5, 5.41) is 0.196. The predicted molar refractivity (Wildman–Crippen MR) is 97.2 cm³/mol. The zero-order valence-corrected chi connectivity index (χ0v) is 14.8. The number of H-pyrrole nitrogens is 1. The molecule has 9 heteroatoms. The van der Waals surface area contributed by atoms with E-state index in [9.17, 15) is 22.8 Å². The summed E-state index contributed by atoms with van der Waals surface area (Å²) in [6.45, 7) is 1.84. The molecule has 0 aliphatic carbocycles. The molecule has 0 radical (unpaired) electrons. The van der Waals surface area contributed by atoms with Crippen molar-refractivity contribution >= 4 is 26.8 Å². The number of hydrogen-bond donors (Lipinski definition) is 2. The van der Waals surface area contributed by atoms with Crippen LogP contribution in [-0.2, 0) is 10.0 Å². The topological polar surface area (TPSA) is 118 Å². The van der Waals surface area contributed by atoms with Crippen LogP contribution in [0.25, 0.3) is 16.6 Å². The van der Waals surface area contributed by atoms with Gasteiger partial charge in [0, 0.05) is 5.56 Å². The summed E-state index contributed by atoms with van der Waals surface area (Å²) < 4.78 is 25.2. The van der Waals surface area contributed by atoms with E-state index in [0.29, 0.717) is 5.69 Å². The SMILES string of the molecule is Cc1cccc(-n2c(=O)[nH]c3cc(C(=O)NS(C)(=O)=O)ccc3c2=O)c1. The van der Waals surface area contributed by atoms with Crippen LogP contribution in [0.4, 0.5) is 0 Å². The van der Waals surface area contributed by atoms with Crippen molar-refractivity contribution in [2.75, 3.05) is 6.26 Å². The Balaban J connectivity index is 2.17. The maximum atomic E-state index is 12.7. The van der Waals surface area contributed by atoms with Gasteiger partial charge in [-0.2, -0.15) is 0 Å². The van der Waals surface area contributed by atoms with Crippen molar-refractivity contribution in [1.29, 1.82) is 0 Å². The van der Waals surface area contributed by atoms with E-state index in [0.717, 1.165) is 16.4 Å². The van der Waals surface area contributed by atoms with E-state index in [1.165, 1.54) is 18.2 Å². The van der Waals surface area contributed by atoms with Gasteiger partial charge in [0.2, 0.25) is 10.0 Å². The first-order valence-electron chi connectivity index (χ1n) is 7.54. The van der Waals surface area contributed by atoms with Crippen LogP contribution in [-0.4, -0.2) is 30.1 Å². The molecule has 0 atom stereocenters. The Kier molecular flexibility index (Phi) is 4.25. The highest BCUT2D eigenvalue weighted by molar-refractivity contribution is 7.89. The largest absolute Gasteiger partial charge is 0.333 e. The first kappa shape index (κ1) is 17.6.